The lowest BCUT2D eigenvalue weighted by atomic mass is 10.1. The lowest BCUT2D eigenvalue weighted by molar-refractivity contribution is -0.384. The minimum atomic E-state index is -0.531. The number of rotatable bonds is 8. The van der Waals surface area contributed by atoms with Gasteiger partial charge in [0.2, 0.25) is 0 Å². The molecule has 1 aromatic carbocycles. The van der Waals surface area contributed by atoms with Crippen LogP contribution in [0.25, 0.3) is 0 Å². The van der Waals surface area contributed by atoms with Gasteiger partial charge in [0.15, 0.2) is 0 Å². The summed E-state index contributed by atoms with van der Waals surface area (Å²) in [6.07, 6.45) is 2.63. The van der Waals surface area contributed by atoms with Gasteiger partial charge in [0, 0.05) is 30.6 Å². The molecule has 124 valence electrons. The largest absolute Gasteiger partial charge is 0.469 e. The van der Waals surface area contributed by atoms with Crippen LogP contribution in [0.2, 0.25) is 0 Å². The Kier molecular flexibility index (Phi) is 5.51. The first-order chi connectivity index (χ1) is 11.0. The van der Waals surface area contributed by atoms with E-state index in [1.807, 2.05) is 0 Å². The summed E-state index contributed by atoms with van der Waals surface area (Å²) < 4.78 is 4.52. The molecule has 1 fully saturated rings. The van der Waals surface area contributed by atoms with Gasteiger partial charge in [0.25, 0.3) is 11.6 Å². The Hall–Kier alpha value is -2.64. The first-order valence-corrected chi connectivity index (χ1v) is 7.41. The van der Waals surface area contributed by atoms with E-state index < -0.39 is 4.92 Å². The number of hydrogen-bond acceptors (Lipinski definition) is 6. The molecule has 8 nitrogen and oxygen atoms in total. The van der Waals surface area contributed by atoms with Crippen molar-refractivity contribution in [1.29, 1.82) is 0 Å². The SMILES string of the molecule is COC(=O)CCCNc1ccc(C(=O)NC2CC2)cc1[N+](=O)[O-]. The summed E-state index contributed by atoms with van der Waals surface area (Å²) >= 11 is 0. The Bertz CT molecular complexity index is 613. The Morgan fingerprint density at radius 1 is 1.39 bits per heavy atom. The van der Waals surface area contributed by atoms with Crippen LogP contribution >= 0.6 is 0 Å². The number of carbonyl (C=O) groups is 2. The van der Waals surface area contributed by atoms with Crippen molar-refractivity contribution in [3.63, 3.8) is 0 Å². The molecule has 1 amide bonds. The summed E-state index contributed by atoms with van der Waals surface area (Å²) in [5, 5.41) is 16.9. The van der Waals surface area contributed by atoms with Gasteiger partial charge in [-0.05, 0) is 31.4 Å². The molecule has 23 heavy (non-hydrogen) atoms. The fraction of sp³-hybridized carbons (Fsp3) is 0.467. The first kappa shape index (κ1) is 16.7. The van der Waals surface area contributed by atoms with Crippen LogP contribution in [0.4, 0.5) is 11.4 Å². The molecule has 0 heterocycles. The van der Waals surface area contributed by atoms with Crippen molar-refractivity contribution in [2.24, 2.45) is 0 Å². The van der Waals surface area contributed by atoms with Crippen LogP contribution in [-0.2, 0) is 9.53 Å². The molecule has 0 spiro atoms. The van der Waals surface area contributed by atoms with E-state index in [2.05, 4.69) is 15.4 Å². The molecule has 2 N–H and O–H groups in total. The van der Waals surface area contributed by atoms with Crippen molar-refractivity contribution < 1.29 is 19.2 Å². The minimum Gasteiger partial charge on any atom is -0.469 e. The van der Waals surface area contributed by atoms with Crippen LogP contribution in [0, 0.1) is 10.1 Å². The molecule has 0 unspecified atom stereocenters. The van der Waals surface area contributed by atoms with Gasteiger partial charge in [-0.1, -0.05) is 0 Å². The molecule has 1 aliphatic rings. The Labute approximate surface area is 133 Å². The average Bonchev–Trinajstić information content (AvgIpc) is 3.34. The number of nitrogens with zero attached hydrogens (tertiary/aromatic N) is 1. The summed E-state index contributed by atoms with van der Waals surface area (Å²) in [7, 11) is 1.31. The van der Waals surface area contributed by atoms with Crippen LogP contribution in [0.5, 0.6) is 0 Å². The zero-order chi connectivity index (χ0) is 16.8. The van der Waals surface area contributed by atoms with Gasteiger partial charge in [0.05, 0.1) is 12.0 Å². The topological polar surface area (TPSA) is 111 Å². The summed E-state index contributed by atoms with van der Waals surface area (Å²) in [5.41, 5.74) is 0.429. The van der Waals surface area contributed by atoms with Gasteiger partial charge in [-0.25, -0.2) is 0 Å². The number of methoxy groups -OCH3 is 1. The fourth-order valence-electron chi connectivity index (χ4n) is 2.03. The number of benzene rings is 1. The second-order valence-electron chi connectivity index (χ2n) is 5.34. The van der Waals surface area contributed by atoms with Crippen molar-refractivity contribution in [2.45, 2.75) is 31.7 Å². The highest BCUT2D eigenvalue weighted by Gasteiger charge is 2.25. The zero-order valence-corrected chi connectivity index (χ0v) is 12.8. The first-order valence-electron chi connectivity index (χ1n) is 7.41. The minimum absolute atomic E-state index is 0.161. The highest BCUT2D eigenvalue weighted by Crippen LogP contribution is 2.26. The highest BCUT2D eigenvalue weighted by molar-refractivity contribution is 5.96. The van der Waals surface area contributed by atoms with Crippen LogP contribution in [0.3, 0.4) is 0 Å². The summed E-state index contributed by atoms with van der Waals surface area (Å²) in [4.78, 5) is 33.6. The van der Waals surface area contributed by atoms with Crippen molar-refractivity contribution in [1.82, 2.24) is 5.32 Å². The molecule has 0 atom stereocenters. The van der Waals surface area contributed by atoms with Crippen molar-refractivity contribution in [3.05, 3.63) is 33.9 Å². The van der Waals surface area contributed by atoms with E-state index in [-0.39, 0.29) is 35.6 Å². The molecular weight excluding hydrogens is 302 g/mol. The highest BCUT2D eigenvalue weighted by atomic mass is 16.6. The standard InChI is InChI=1S/C15H19N3O5/c1-23-14(19)3-2-8-16-12-7-4-10(9-13(12)18(21)22)15(20)17-11-5-6-11/h4,7,9,11,16H,2-3,5-6,8H2,1H3,(H,17,20). The van der Waals surface area contributed by atoms with Crippen LogP contribution in [0.1, 0.15) is 36.0 Å². The van der Waals surface area contributed by atoms with Gasteiger partial charge < -0.3 is 15.4 Å². The van der Waals surface area contributed by atoms with Crippen LogP contribution < -0.4 is 10.6 Å². The smallest absolute Gasteiger partial charge is 0.305 e. The molecule has 8 heteroatoms. The van der Waals surface area contributed by atoms with Gasteiger partial charge in [0.1, 0.15) is 5.69 Å². The van der Waals surface area contributed by atoms with Crippen LogP contribution in [0.15, 0.2) is 18.2 Å². The second kappa shape index (κ2) is 7.57. The molecule has 2 rings (SSSR count). The third-order valence-corrected chi connectivity index (χ3v) is 3.47. The third-order valence-electron chi connectivity index (χ3n) is 3.47. The number of nitro benzene ring substituents is 1. The van der Waals surface area contributed by atoms with Gasteiger partial charge in [-0.2, -0.15) is 0 Å². The predicted molar refractivity (Wildman–Crippen MR) is 83.3 cm³/mol. The van der Waals surface area contributed by atoms with Gasteiger partial charge in [-0.15, -0.1) is 0 Å². The molecule has 1 saturated carbocycles. The molecule has 1 aromatic rings. The van der Waals surface area contributed by atoms with E-state index in [0.29, 0.717) is 18.7 Å². The maximum absolute atomic E-state index is 11.9. The number of esters is 1. The van der Waals surface area contributed by atoms with E-state index >= 15 is 0 Å². The normalized spacial score (nSPS) is 13.3. The average molecular weight is 321 g/mol. The maximum atomic E-state index is 11.9. The number of nitro groups is 1. The maximum Gasteiger partial charge on any atom is 0.305 e. The number of anilines is 1. The van der Waals surface area contributed by atoms with E-state index in [0.717, 1.165) is 12.8 Å². The Morgan fingerprint density at radius 3 is 2.74 bits per heavy atom. The fourth-order valence-corrected chi connectivity index (χ4v) is 2.03. The van der Waals surface area contributed by atoms with Crippen molar-refractivity contribution >= 4 is 23.3 Å². The monoisotopic (exact) mass is 321 g/mol. The third kappa shape index (κ3) is 4.94. The zero-order valence-electron chi connectivity index (χ0n) is 12.8. The Morgan fingerprint density at radius 2 is 2.13 bits per heavy atom. The lowest BCUT2D eigenvalue weighted by Crippen LogP contribution is -2.25. The molecule has 1 aliphatic carbocycles. The molecular formula is C15H19N3O5. The van der Waals surface area contributed by atoms with E-state index in [1.165, 1.54) is 19.2 Å². The van der Waals surface area contributed by atoms with Gasteiger partial charge >= 0.3 is 5.97 Å². The molecule has 0 aliphatic heterocycles. The Balaban J connectivity index is 1.99. The molecule has 0 bridgehead atoms. The van der Waals surface area contributed by atoms with Crippen LogP contribution in [-0.4, -0.2) is 36.5 Å². The van der Waals surface area contributed by atoms with Crippen molar-refractivity contribution in [2.75, 3.05) is 19.0 Å². The number of ether oxygens (including phenoxy) is 1. The number of nitrogens with one attached hydrogen (secondary N) is 2. The second-order valence-corrected chi connectivity index (χ2v) is 5.34. The quantitative estimate of drug-likeness (QED) is 0.327. The number of hydrogen-bond donors (Lipinski definition) is 2. The summed E-state index contributed by atoms with van der Waals surface area (Å²) in [5.74, 6) is -0.624. The lowest BCUT2D eigenvalue weighted by Gasteiger charge is -2.09. The summed E-state index contributed by atoms with van der Waals surface area (Å²) in [6.45, 7) is 0.392. The van der Waals surface area contributed by atoms with Gasteiger partial charge in [-0.3, -0.25) is 19.7 Å². The molecule has 0 aromatic heterocycles. The van der Waals surface area contributed by atoms with Crippen molar-refractivity contribution in [3.8, 4) is 0 Å². The number of carbonyl (C=O) groups excluding carboxylic acids is 2. The molecule has 0 radical (unpaired) electrons. The van der Waals surface area contributed by atoms with E-state index in [1.54, 1.807) is 6.07 Å². The number of amides is 1. The van der Waals surface area contributed by atoms with E-state index in [9.17, 15) is 19.7 Å². The van der Waals surface area contributed by atoms with E-state index in [4.69, 9.17) is 0 Å². The summed E-state index contributed by atoms with van der Waals surface area (Å²) in [6, 6.07) is 4.52. The predicted octanol–water partition coefficient (Wildman–Crippen LogP) is 1.85. The molecule has 0 saturated heterocycles.